The molecule has 0 saturated carbocycles. The summed E-state index contributed by atoms with van der Waals surface area (Å²) in [7, 11) is 1.52. The summed E-state index contributed by atoms with van der Waals surface area (Å²) in [6.45, 7) is 4.42. The molecule has 2 heterocycles. The van der Waals surface area contributed by atoms with Crippen molar-refractivity contribution in [1.82, 2.24) is 0 Å². The summed E-state index contributed by atoms with van der Waals surface area (Å²) in [5.41, 5.74) is 1.90. The fraction of sp³-hybridized carbons (Fsp3) is 0.400. The first-order valence-corrected chi connectivity index (χ1v) is 8.51. The molecule has 2 aromatic carbocycles. The Bertz CT molecular complexity index is 860. The summed E-state index contributed by atoms with van der Waals surface area (Å²) < 4.78 is 23.3. The summed E-state index contributed by atoms with van der Waals surface area (Å²) in [4.78, 5) is 0. The minimum Gasteiger partial charge on any atom is -0.508 e. The highest BCUT2D eigenvalue weighted by molar-refractivity contribution is 5.77. The quantitative estimate of drug-likeness (QED) is 0.815. The molecule has 6 heteroatoms. The number of rotatable bonds is 1. The molecule has 26 heavy (non-hydrogen) atoms. The highest BCUT2D eigenvalue weighted by atomic mass is 16.8. The van der Waals surface area contributed by atoms with Crippen LogP contribution in [0, 0.1) is 0 Å². The molecule has 2 aliphatic rings. The van der Waals surface area contributed by atoms with Gasteiger partial charge in [0.15, 0.2) is 17.3 Å². The van der Waals surface area contributed by atoms with Crippen molar-refractivity contribution in [2.75, 3.05) is 20.3 Å². The zero-order chi connectivity index (χ0) is 18.5. The first-order chi connectivity index (χ1) is 12.3. The number of aromatic hydroxyl groups is 2. The molecule has 1 spiro atoms. The summed E-state index contributed by atoms with van der Waals surface area (Å²) in [6.07, 6.45) is 0.544. The zero-order valence-electron chi connectivity index (χ0n) is 15.0. The van der Waals surface area contributed by atoms with Crippen molar-refractivity contribution in [2.45, 2.75) is 31.7 Å². The van der Waals surface area contributed by atoms with E-state index in [0.717, 1.165) is 16.7 Å². The van der Waals surface area contributed by atoms with Gasteiger partial charge in [0.1, 0.15) is 23.7 Å². The minimum absolute atomic E-state index is 0.0452. The van der Waals surface area contributed by atoms with Crippen LogP contribution in [0.1, 0.15) is 19.4 Å². The third kappa shape index (κ3) is 2.85. The molecule has 1 saturated heterocycles. The highest BCUT2D eigenvalue weighted by Crippen LogP contribution is 2.45. The van der Waals surface area contributed by atoms with Gasteiger partial charge in [0.2, 0.25) is 0 Å². The largest absolute Gasteiger partial charge is 0.508 e. The Hall–Kier alpha value is -2.44. The second-order valence-corrected chi connectivity index (χ2v) is 7.30. The molecule has 0 aliphatic carbocycles. The Morgan fingerprint density at radius 1 is 1.04 bits per heavy atom. The number of phenolic OH excluding ortho intramolecular Hbond substituents is 2. The van der Waals surface area contributed by atoms with Crippen LogP contribution in [0.3, 0.4) is 0 Å². The minimum atomic E-state index is -0.703. The predicted octanol–water partition coefficient (Wildman–Crippen LogP) is 3.23. The summed E-state index contributed by atoms with van der Waals surface area (Å²) in [5, 5.41) is 20.1. The van der Waals surface area contributed by atoms with E-state index in [0.29, 0.717) is 24.5 Å². The Morgan fingerprint density at radius 2 is 1.85 bits per heavy atom. The second-order valence-electron chi connectivity index (χ2n) is 7.30. The Balaban J connectivity index is 1.89. The van der Waals surface area contributed by atoms with E-state index < -0.39 is 11.4 Å². The number of methoxy groups -OCH3 is 1. The zero-order valence-corrected chi connectivity index (χ0v) is 15.0. The number of hydrogen-bond acceptors (Lipinski definition) is 6. The van der Waals surface area contributed by atoms with Crippen LogP contribution < -0.4 is 9.47 Å². The molecule has 1 atom stereocenters. The van der Waals surface area contributed by atoms with E-state index in [1.807, 2.05) is 19.9 Å². The number of ether oxygens (including phenoxy) is 4. The van der Waals surface area contributed by atoms with Crippen LogP contribution in [-0.2, 0) is 15.9 Å². The summed E-state index contributed by atoms with van der Waals surface area (Å²) >= 11 is 0. The smallest absolute Gasteiger partial charge is 0.163 e. The van der Waals surface area contributed by atoms with Crippen molar-refractivity contribution < 1.29 is 29.2 Å². The van der Waals surface area contributed by atoms with Crippen LogP contribution >= 0.6 is 0 Å². The molecule has 138 valence electrons. The van der Waals surface area contributed by atoms with Crippen LogP contribution in [0.4, 0.5) is 0 Å². The Labute approximate surface area is 151 Å². The predicted molar refractivity (Wildman–Crippen MR) is 94.8 cm³/mol. The first kappa shape index (κ1) is 17.0. The molecule has 0 aromatic heterocycles. The Kier molecular flexibility index (Phi) is 3.78. The average molecular weight is 358 g/mol. The van der Waals surface area contributed by atoms with E-state index in [4.69, 9.17) is 18.9 Å². The molecular formula is C20H22O6. The lowest BCUT2D eigenvalue weighted by atomic mass is 9.88. The van der Waals surface area contributed by atoms with Gasteiger partial charge in [-0.3, -0.25) is 0 Å². The maximum absolute atomic E-state index is 10.3. The topological polar surface area (TPSA) is 77.4 Å². The van der Waals surface area contributed by atoms with E-state index in [2.05, 4.69) is 0 Å². The van der Waals surface area contributed by atoms with Crippen molar-refractivity contribution in [3.63, 3.8) is 0 Å². The lowest BCUT2D eigenvalue weighted by Gasteiger charge is -2.32. The van der Waals surface area contributed by atoms with Gasteiger partial charge in [-0.25, -0.2) is 0 Å². The van der Waals surface area contributed by atoms with Crippen LogP contribution in [0.5, 0.6) is 23.0 Å². The normalized spacial score (nSPS) is 23.5. The maximum atomic E-state index is 10.3. The van der Waals surface area contributed by atoms with Gasteiger partial charge in [0.25, 0.3) is 0 Å². The van der Waals surface area contributed by atoms with Crippen molar-refractivity contribution in [2.24, 2.45) is 0 Å². The van der Waals surface area contributed by atoms with Crippen molar-refractivity contribution in [3.8, 4) is 34.1 Å². The SMILES string of the molecule is COc1cc2c(cc1O)-c1ccc(O)cc1OCC1(COC(C)(C)O1)C2. The lowest BCUT2D eigenvalue weighted by molar-refractivity contribution is -0.167. The van der Waals surface area contributed by atoms with Gasteiger partial charge in [-0.2, -0.15) is 0 Å². The van der Waals surface area contributed by atoms with Crippen LogP contribution in [-0.4, -0.2) is 41.9 Å². The van der Waals surface area contributed by atoms with Crippen LogP contribution in [0.15, 0.2) is 30.3 Å². The molecule has 0 amide bonds. The van der Waals surface area contributed by atoms with Crippen molar-refractivity contribution in [3.05, 3.63) is 35.9 Å². The van der Waals surface area contributed by atoms with Gasteiger partial charge in [-0.05, 0) is 49.2 Å². The molecule has 0 bridgehead atoms. The molecule has 2 aromatic rings. The van der Waals surface area contributed by atoms with Gasteiger partial charge in [-0.1, -0.05) is 0 Å². The number of phenols is 2. The standard InChI is InChI=1S/C20H22O6/c1-19(2)25-11-20(26-19)9-12-6-18(23-3)16(22)8-15(12)14-5-4-13(21)7-17(14)24-10-20/h4-8,21-22H,9-11H2,1-3H3. The molecule has 1 fully saturated rings. The molecule has 6 nitrogen and oxygen atoms in total. The van der Waals surface area contributed by atoms with E-state index in [1.165, 1.54) is 7.11 Å². The highest BCUT2D eigenvalue weighted by Gasteiger charge is 2.47. The average Bonchev–Trinajstić information content (AvgIpc) is 2.89. The first-order valence-electron chi connectivity index (χ1n) is 8.51. The van der Waals surface area contributed by atoms with Crippen molar-refractivity contribution in [1.29, 1.82) is 0 Å². The fourth-order valence-corrected chi connectivity index (χ4v) is 3.68. The maximum Gasteiger partial charge on any atom is 0.163 e. The molecular weight excluding hydrogens is 336 g/mol. The summed E-state index contributed by atoms with van der Waals surface area (Å²) in [5.74, 6) is 0.387. The van der Waals surface area contributed by atoms with Gasteiger partial charge >= 0.3 is 0 Å². The van der Waals surface area contributed by atoms with E-state index >= 15 is 0 Å². The molecule has 2 N–H and O–H groups in total. The number of hydrogen-bond donors (Lipinski definition) is 2. The lowest BCUT2D eigenvalue weighted by Crippen LogP contribution is -2.43. The monoisotopic (exact) mass is 358 g/mol. The van der Waals surface area contributed by atoms with Gasteiger partial charge in [0, 0.05) is 18.1 Å². The second kappa shape index (κ2) is 5.79. The number of fused-ring (bicyclic) bond motifs is 3. The molecule has 1 unspecified atom stereocenters. The van der Waals surface area contributed by atoms with Gasteiger partial charge < -0.3 is 29.2 Å². The summed E-state index contributed by atoms with van der Waals surface area (Å²) in [6, 6.07) is 8.43. The van der Waals surface area contributed by atoms with Gasteiger partial charge in [0.05, 0.1) is 13.7 Å². The number of benzene rings is 2. The van der Waals surface area contributed by atoms with E-state index in [-0.39, 0.29) is 18.1 Å². The third-order valence-corrected chi connectivity index (χ3v) is 4.81. The van der Waals surface area contributed by atoms with Crippen LogP contribution in [0.25, 0.3) is 11.1 Å². The van der Waals surface area contributed by atoms with E-state index in [9.17, 15) is 10.2 Å². The van der Waals surface area contributed by atoms with E-state index in [1.54, 1.807) is 24.3 Å². The van der Waals surface area contributed by atoms with Crippen LogP contribution in [0.2, 0.25) is 0 Å². The molecule has 0 radical (unpaired) electrons. The van der Waals surface area contributed by atoms with Crippen molar-refractivity contribution >= 4 is 0 Å². The molecule has 4 rings (SSSR count). The Morgan fingerprint density at radius 3 is 2.54 bits per heavy atom. The van der Waals surface area contributed by atoms with Gasteiger partial charge in [-0.15, -0.1) is 0 Å². The molecule has 2 aliphatic heterocycles. The third-order valence-electron chi connectivity index (χ3n) is 4.81. The fourth-order valence-electron chi connectivity index (χ4n) is 3.68.